The Morgan fingerprint density at radius 1 is 1.15 bits per heavy atom. The molecule has 7 atom stereocenters. The van der Waals surface area contributed by atoms with Gasteiger partial charge in [-0.25, -0.2) is 0 Å². The van der Waals surface area contributed by atoms with Crippen molar-refractivity contribution in [2.75, 3.05) is 12.9 Å². The smallest absolute Gasteiger partial charge is 0.453 e. The van der Waals surface area contributed by atoms with E-state index in [1.54, 1.807) is 14.0 Å². The van der Waals surface area contributed by atoms with Crippen LogP contribution in [0.5, 0.6) is 5.75 Å². The third-order valence-electron chi connectivity index (χ3n) is 10.1. The summed E-state index contributed by atoms with van der Waals surface area (Å²) in [6.07, 6.45) is -1.34. The number of ether oxygens (including phenoxy) is 1. The monoisotopic (exact) mass is 576 g/mol. The van der Waals surface area contributed by atoms with Crippen molar-refractivity contribution in [1.29, 1.82) is 0 Å². The van der Waals surface area contributed by atoms with E-state index in [1.165, 1.54) is 11.1 Å². The van der Waals surface area contributed by atoms with Crippen LogP contribution in [0.2, 0.25) is 0 Å². The van der Waals surface area contributed by atoms with Gasteiger partial charge in [-0.05, 0) is 118 Å². The van der Waals surface area contributed by atoms with Crippen molar-refractivity contribution in [3.05, 3.63) is 39.8 Å². The molecule has 9 heteroatoms. The summed E-state index contributed by atoms with van der Waals surface area (Å²) < 4.78 is 82.1. The van der Waals surface area contributed by atoms with Gasteiger partial charge in [0.25, 0.3) is 0 Å². The third-order valence-corrected chi connectivity index (χ3v) is 11.8. The van der Waals surface area contributed by atoms with E-state index in [1.807, 2.05) is 13.0 Å². The molecule has 3 aliphatic carbocycles. The highest BCUT2D eigenvalue weighted by Gasteiger charge is 2.57. The van der Waals surface area contributed by atoms with Crippen LogP contribution >= 0.6 is 0 Å². The molecule has 1 N–H and O–H groups in total. The number of hydrogen-bond donors (Lipinski definition) is 1. The van der Waals surface area contributed by atoms with Gasteiger partial charge < -0.3 is 9.84 Å². The molecule has 1 aromatic rings. The molecule has 0 spiro atoms. The van der Waals surface area contributed by atoms with Gasteiger partial charge in [0.05, 0.1) is 13.2 Å². The highest BCUT2D eigenvalue weighted by molar-refractivity contribution is 7.88. The van der Waals surface area contributed by atoms with Crippen molar-refractivity contribution in [2.24, 2.45) is 23.2 Å². The molecule has 0 bridgehead atoms. The summed E-state index contributed by atoms with van der Waals surface area (Å²) in [7, 11) is 0.0670. The van der Waals surface area contributed by atoms with Crippen LogP contribution in [-0.2, 0) is 17.2 Å². The van der Waals surface area contributed by atoms with Crippen LogP contribution in [0.25, 0.3) is 0 Å². The number of aliphatic hydroxyl groups excluding tert-OH is 1. The SMILES string of the molecule is COc1ccc2c(c1)C[C@@H](CC/C(C)=C(/C)S(=O)CCCC(F)(F)C(F)(F)F)[C@@H]1[C@@H]2CC[C@]2(C)[C@@H](O)CC[C@@H]12. The first kappa shape index (κ1) is 30.5. The van der Waals surface area contributed by atoms with Crippen molar-refractivity contribution in [3.63, 3.8) is 0 Å². The molecule has 0 heterocycles. The Kier molecular flexibility index (Phi) is 8.92. The van der Waals surface area contributed by atoms with E-state index in [0.29, 0.717) is 35.0 Å². The van der Waals surface area contributed by atoms with Crippen LogP contribution in [0, 0.1) is 23.2 Å². The summed E-state index contributed by atoms with van der Waals surface area (Å²) in [6, 6.07) is 6.37. The minimum absolute atomic E-state index is 0.0792. The van der Waals surface area contributed by atoms with E-state index in [4.69, 9.17) is 4.74 Å². The summed E-state index contributed by atoms with van der Waals surface area (Å²) in [6.45, 7) is 5.83. The van der Waals surface area contributed by atoms with Gasteiger partial charge in [0.15, 0.2) is 0 Å². The third kappa shape index (κ3) is 5.95. The van der Waals surface area contributed by atoms with Crippen molar-refractivity contribution in [1.82, 2.24) is 0 Å². The average molecular weight is 577 g/mol. The molecule has 3 nitrogen and oxygen atoms in total. The molecule has 39 heavy (non-hydrogen) atoms. The molecule has 1 unspecified atom stereocenters. The van der Waals surface area contributed by atoms with E-state index in [-0.39, 0.29) is 17.3 Å². The maximum atomic E-state index is 13.2. The lowest BCUT2D eigenvalue weighted by atomic mass is 9.52. The quantitative estimate of drug-likeness (QED) is 0.304. The standard InChI is InChI=1S/C30H41F5O3S/c1-18(19(2)39(37)15-5-13-29(31,32)30(33,34)35)6-7-20-16-21-17-22(38-4)8-9-23(21)24-12-14-28(3)25(27(20)24)10-11-26(28)36/h8-9,17,20,24-27,36H,5-7,10-16H2,1-4H3/b19-18-/t20-,24-,25+,26+,27-,28+,39?/m1/s1. The van der Waals surface area contributed by atoms with Crippen molar-refractivity contribution in [2.45, 2.75) is 103 Å². The molecule has 0 aromatic heterocycles. The number of rotatable bonds is 9. The van der Waals surface area contributed by atoms with E-state index < -0.39 is 35.7 Å². The normalized spacial score (nSPS) is 32.1. The van der Waals surface area contributed by atoms with Crippen LogP contribution in [0.15, 0.2) is 28.7 Å². The maximum Gasteiger partial charge on any atom is 0.453 e. The molecular formula is C30H41F5O3S. The molecule has 0 saturated heterocycles. The van der Waals surface area contributed by atoms with Gasteiger partial charge in [0, 0.05) is 27.9 Å². The number of hydrogen-bond acceptors (Lipinski definition) is 3. The van der Waals surface area contributed by atoms with Gasteiger partial charge in [-0.1, -0.05) is 18.6 Å². The molecular weight excluding hydrogens is 535 g/mol. The molecule has 4 rings (SSSR count). The van der Waals surface area contributed by atoms with Gasteiger partial charge in [-0.3, -0.25) is 4.21 Å². The minimum atomic E-state index is -5.58. The van der Waals surface area contributed by atoms with Gasteiger partial charge >= 0.3 is 12.1 Å². The summed E-state index contributed by atoms with van der Waals surface area (Å²) >= 11 is 0. The second kappa shape index (κ2) is 11.4. The van der Waals surface area contributed by atoms with E-state index in [0.717, 1.165) is 49.8 Å². The largest absolute Gasteiger partial charge is 0.497 e. The van der Waals surface area contributed by atoms with Gasteiger partial charge in [0.2, 0.25) is 0 Å². The van der Waals surface area contributed by atoms with Gasteiger partial charge in [-0.2, -0.15) is 22.0 Å². The van der Waals surface area contributed by atoms with E-state index >= 15 is 0 Å². The predicted molar refractivity (Wildman–Crippen MR) is 143 cm³/mol. The molecule has 3 aliphatic rings. The van der Waals surface area contributed by atoms with E-state index in [9.17, 15) is 31.3 Å². The zero-order chi connectivity index (χ0) is 28.8. The van der Waals surface area contributed by atoms with Crippen LogP contribution < -0.4 is 4.74 Å². The Bertz CT molecular complexity index is 1100. The fourth-order valence-corrected chi connectivity index (χ4v) is 8.84. The summed E-state index contributed by atoms with van der Waals surface area (Å²) in [5.74, 6) is -2.49. The Morgan fingerprint density at radius 3 is 2.54 bits per heavy atom. The fraction of sp³-hybridized carbons (Fsp3) is 0.733. The van der Waals surface area contributed by atoms with Gasteiger partial charge in [-0.15, -0.1) is 0 Å². The molecule has 1 aromatic carbocycles. The van der Waals surface area contributed by atoms with Gasteiger partial charge in [0.1, 0.15) is 5.75 Å². The van der Waals surface area contributed by atoms with Crippen molar-refractivity contribution < 1.29 is 36.0 Å². The number of benzene rings is 1. The zero-order valence-electron chi connectivity index (χ0n) is 23.3. The molecule has 220 valence electrons. The Hall–Kier alpha value is -1.48. The zero-order valence-corrected chi connectivity index (χ0v) is 24.1. The van der Waals surface area contributed by atoms with E-state index in [2.05, 4.69) is 19.1 Å². The fourth-order valence-electron chi connectivity index (χ4n) is 7.64. The first-order valence-electron chi connectivity index (χ1n) is 14.0. The summed E-state index contributed by atoms with van der Waals surface area (Å²) in [5, 5.41) is 10.9. The molecule has 2 saturated carbocycles. The lowest BCUT2D eigenvalue weighted by Crippen LogP contribution is -2.47. The Balaban J connectivity index is 1.48. The highest BCUT2D eigenvalue weighted by Crippen LogP contribution is 2.62. The van der Waals surface area contributed by atoms with Crippen LogP contribution in [0.1, 0.15) is 89.2 Å². The summed E-state index contributed by atoms with van der Waals surface area (Å²) in [4.78, 5) is 0.574. The lowest BCUT2D eigenvalue weighted by Gasteiger charge is -2.53. The average Bonchev–Trinajstić information content (AvgIpc) is 3.19. The second-order valence-electron chi connectivity index (χ2n) is 12.2. The van der Waals surface area contributed by atoms with Crippen LogP contribution in [-0.4, -0.2) is 40.4 Å². The lowest BCUT2D eigenvalue weighted by molar-refractivity contribution is -0.284. The number of methoxy groups -OCH3 is 1. The Labute approximate surface area is 231 Å². The molecule has 0 radical (unpaired) electrons. The molecule has 0 amide bonds. The van der Waals surface area contributed by atoms with Crippen LogP contribution in [0.3, 0.4) is 0 Å². The topological polar surface area (TPSA) is 46.5 Å². The number of alkyl halides is 5. The van der Waals surface area contributed by atoms with Crippen LogP contribution in [0.4, 0.5) is 22.0 Å². The second-order valence-corrected chi connectivity index (χ2v) is 13.9. The van der Waals surface area contributed by atoms with Crippen molar-refractivity contribution >= 4 is 10.8 Å². The maximum absolute atomic E-state index is 13.2. The minimum Gasteiger partial charge on any atom is -0.497 e. The highest BCUT2D eigenvalue weighted by atomic mass is 32.2. The number of halogens is 5. The number of aliphatic hydroxyl groups is 1. The number of fused-ring (bicyclic) bond motifs is 5. The van der Waals surface area contributed by atoms with Crippen molar-refractivity contribution in [3.8, 4) is 5.75 Å². The molecule has 0 aliphatic heterocycles. The first-order chi connectivity index (χ1) is 18.2. The number of allylic oxidation sites excluding steroid dienone is 2. The molecule has 2 fully saturated rings. The summed E-state index contributed by atoms with van der Waals surface area (Å²) in [5.41, 5.74) is 3.52. The predicted octanol–water partition coefficient (Wildman–Crippen LogP) is 7.94. The Morgan fingerprint density at radius 2 is 1.87 bits per heavy atom. The first-order valence-corrected chi connectivity index (χ1v) is 15.4.